The van der Waals surface area contributed by atoms with E-state index in [9.17, 15) is 9.59 Å². The van der Waals surface area contributed by atoms with Crippen molar-refractivity contribution in [1.29, 1.82) is 0 Å². The van der Waals surface area contributed by atoms with Crippen LogP contribution in [0.4, 0.5) is 0 Å². The van der Waals surface area contributed by atoms with Crippen molar-refractivity contribution in [3.05, 3.63) is 0 Å². The molecule has 1 atom stereocenters. The number of carbonyl (C=O) groups is 2. The molecule has 0 aliphatic heterocycles. The normalized spacial score (nSPS) is 12.4. The van der Waals surface area contributed by atoms with Crippen molar-refractivity contribution in [2.75, 3.05) is 0 Å². The Balaban J connectivity index is 0. The average Bonchev–Trinajstić information content (AvgIpc) is 1.86. The summed E-state index contributed by atoms with van der Waals surface area (Å²) in [7, 11) is 0. The van der Waals surface area contributed by atoms with Crippen molar-refractivity contribution in [1.82, 2.24) is 0 Å². The maximum absolute atomic E-state index is 9.77. The average molecular weight is 194 g/mol. The van der Waals surface area contributed by atoms with E-state index in [1.165, 1.54) is 20.8 Å². The molecule has 4 N–H and O–H groups in total. The van der Waals surface area contributed by atoms with Gasteiger partial charge in [0.05, 0.1) is 0 Å². The Hall–Kier alpha value is -1.14. The molecule has 0 amide bonds. The van der Waals surface area contributed by atoms with Crippen LogP contribution < -0.4 is 0 Å². The van der Waals surface area contributed by atoms with Crippen molar-refractivity contribution in [3.63, 3.8) is 0 Å². The standard InChI is InChI=1S/C4H8O3.C3H6O3/c1-4(2,7)3(5)6;1-2(4)3(5)6/h7H,1-2H3,(H,5,6);2,4H,1H3,(H,5,6). The molecule has 0 aliphatic carbocycles. The van der Waals surface area contributed by atoms with E-state index >= 15 is 0 Å². The van der Waals surface area contributed by atoms with Crippen molar-refractivity contribution in [3.8, 4) is 0 Å². The number of aliphatic carboxylic acids is 2. The molecule has 0 aliphatic rings. The highest BCUT2D eigenvalue weighted by molar-refractivity contribution is 5.75. The van der Waals surface area contributed by atoms with Gasteiger partial charge in [-0.2, -0.15) is 0 Å². The van der Waals surface area contributed by atoms with Gasteiger partial charge in [0.25, 0.3) is 0 Å². The maximum atomic E-state index is 9.77. The molecule has 0 rings (SSSR count). The van der Waals surface area contributed by atoms with Gasteiger partial charge in [-0.05, 0) is 20.8 Å². The zero-order valence-corrected chi connectivity index (χ0v) is 7.68. The largest absolute Gasteiger partial charge is 0.479 e. The van der Waals surface area contributed by atoms with E-state index < -0.39 is 23.6 Å². The van der Waals surface area contributed by atoms with Gasteiger partial charge in [-0.3, -0.25) is 0 Å². The third-order valence-corrected chi connectivity index (χ3v) is 0.881. The molecule has 0 spiro atoms. The minimum atomic E-state index is -1.58. The molecule has 0 fully saturated rings. The van der Waals surface area contributed by atoms with Gasteiger partial charge < -0.3 is 20.4 Å². The quantitative estimate of drug-likeness (QED) is 0.461. The minimum Gasteiger partial charge on any atom is -0.479 e. The van der Waals surface area contributed by atoms with Gasteiger partial charge in [0.15, 0.2) is 5.60 Å². The first-order chi connectivity index (χ1) is 5.59. The first-order valence-electron chi connectivity index (χ1n) is 3.45. The summed E-state index contributed by atoms with van der Waals surface area (Å²) in [6.07, 6.45) is -1.23. The number of carboxylic acids is 2. The Kier molecular flexibility index (Phi) is 6.08. The Labute approximate surface area is 75.4 Å². The summed E-state index contributed by atoms with van der Waals surface area (Å²) >= 11 is 0. The molecule has 0 saturated carbocycles. The van der Waals surface area contributed by atoms with Crippen LogP contribution in [0.5, 0.6) is 0 Å². The molecule has 1 unspecified atom stereocenters. The second-order valence-corrected chi connectivity index (χ2v) is 2.88. The summed E-state index contributed by atoms with van der Waals surface area (Å²) in [4.78, 5) is 19.2. The lowest BCUT2D eigenvalue weighted by atomic mass is 10.1. The molecule has 0 radical (unpaired) electrons. The van der Waals surface area contributed by atoms with Gasteiger partial charge in [0.1, 0.15) is 6.10 Å². The van der Waals surface area contributed by atoms with E-state index in [1.54, 1.807) is 0 Å². The molecule has 0 aromatic rings. The molecule has 78 valence electrons. The predicted octanol–water partition coefficient (Wildman–Crippen LogP) is -0.706. The smallest absolute Gasteiger partial charge is 0.335 e. The Morgan fingerprint density at radius 1 is 1.23 bits per heavy atom. The molecule has 6 heteroatoms. The highest BCUT2D eigenvalue weighted by Gasteiger charge is 2.21. The van der Waals surface area contributed by atoms with Gasteiger partial charge in [0.2, 0.25) is 0 Å². The molecule has 0 aromatic carbocycles. The van der Waals surface area contributed by atoms with Crippen molar-refractivity contribution >= 4 is 11.9 Å². The van der Waals surface area contributed by atoms with Crippen LogP contribution in [0, 0.1) is 0 Å². The van der Waals surface area contributed by atoms with Crippen LogP contribution in [0.3, 0.4) is 0 Å². The molecular formula is C7H14O6. The van der Waals surface area contributed by atoms with Crippen LogP contribution in [-0.4, -0.2) is 44.1 Å². The lowest BCUT2D eigenvalue weighted by Crippen LogP contribution is -2.30. The fraction of sp³-hybridized carbons (Fsp3) is 0.714. The van der Waals surface area contributed by atoms with E-state index in [4.69, 9.17) is 20.4 Å². The van der Waals surface area contributed by atoms with Crippen molar-refractivity contribution in [2.24, 2.45) is 0 Å². The zero-order valence-electron chi connectivity index (χ0n) is 7.68. The molecule has 13 heavy (non-hydrogen) atoms. The number of hydrogen-bond acceptors (Lipinski definition) is 4. The third kappa shape index (κ3) is 10.9. The Bertz CT molecular complexity index is 178. The van der Waals surface area contributed by atoms with E-state index in [0.29, 0.717) is 0 Å². The molecule has 0 saturated heterocycles. The number of aliphatic hydroxyl groups is 2. The Morgan fingerprint density at radius 2 is 1.38 bits per heavy atom. The summed E-state index contributed by atoms with van der Waals surface area (Å²) < 4.78 is 0. The van der Waals surface area contributed by atoms with Gasteiger partial charge in [-0.1, -0.05) is 0 Å². The number of rotatable bonds is 2. The maximum Gasteiger partial charge on any atom is 0.335 e. The summed E-state index contributed by atoms with van der Waals surface area (Å²) in [5, 5.41) is 32.3. The van der Waals surface area contributed by atoms with Gasteiger partial charge in [0, 0.05) is 0 Å². The van der Waals surface area contributed by atoms with E-state index in [-0.39, 0.29) is 0 Å². The molecule has 0 heterocycles. The van der Waals surface area contributed by atoms with Crippen LogP contribution in [-0.2, 0) is 9.59 Å². The third-order valence-electron chi connectivity index (χ3n) is 0.881. The molecule has 0 aromatic heterocycles. The lowest BCUT2D eigenvalue weighted by Gasteiger charge is -2.07. The van der Waals surface area contributed by atoms with Crippen LogP contribution in [0.2, 0.25) is 0 Å². The van der Waals surface area contributed by atoms with Crippen LogP contribution in [0.15, 0.2) is 0 Å². The minimum absolute atomic E-state index is 1.19. The summed E-state index contributed by atoms with van der Waals surface area (Å²) in [5.74, 6) is -2.39. The number of aliphatic hydroxyl groups excluding tert-OH is 1. The van der Waals surface area contributed by atoms with E-state index in [0.717, 1.165) is 0 Å². The van der Waals surface area contributed by atoms with Gasteiger partial charge >= 0.3 is 11.9 Å². The van der Waals surface area contributed by atoms with Crippen LogP contribution >= 0.6 is 0 Å². The molecule has 6 nitrogen and oxygen atoms in total. The van der Waals surface area contributed by atoms with Crippen molar-refractivity contribution in [2.45, 2.75) is 32.5 Å². The summed E-state index contributed by atoms with van der Waals surface area (Å²) in [6, 6.07) is 0. The van der Waals surface area contributed by atoms with Crippen LogP contribution in [0.1, 0.15) is 20.8 Å². The second kappa shape index (κ2) is 5.50. The predicted molar refractivity (Wildman–Crippen MR) is 43.3 cm³/mol. The first-order valence-corrected chi connectivity index (χ1v) is 3.45. The highest BCUT2D eigenvalue weighted by atomic mass is 16.4. The van der Waals surface area contributed by atoms with Crippen LogP contribution in [0.25, 0.3) is 0 Å². The SMILES string of the molecule is CC(C)(O)C(=O)O.CC(O)C(=O)O. The second-order valence-electron chi connectivity index (χ2n) is 2.88. The first kappa shape index (κ1) is 14.4. The van der Waals surface area contributed by atoms with E-state index in [1.807, 2.05) is 0 Å². The van der Waals surface area contributed by atoms with E-state index in [2.05, 4.69) is 0 Å². The van der Waals surface area contributed by atoms with Crippen molar-refractivity contribution < 1.29 is 30.0 Å². The van der Waals surface area contributed by atoms with Gasteiger partial charge in [-0.25, -0.2) is 9.59 Å². The highest BCUT2D eigenvalue weighted by Crippen LogP contribution is 1.97. The summed E-state index contributed by atoms with van der Waals surface area (Å²) in [5.41, 5.74) is -1.58. The molecular weight excluding hydrogens is 180 g/mol. The zero-order chi connectivity index (χ0) is 11.2. The monoisotopic (exact) mass is 194 g/mol. The lowest BCUT2D eigenvalue weighted by molar-refractivity contribution is -0.154. The Morgan fingerprint density at radius 3 is 1.38 bits per heavy atom. The number of carboxylic acid groups (broad SMARTS) is 2. The number of hydrogen-bond donors (Lipinski definition) is 4. The fourth-order valence-electron chi connectivity index (χ4n) is 0. The topological polar surface area (TPSA) is 115 Å². The molecule has 0 bridgehead atoms. The summed E-state index contributed by atoms with van der Waals surface area (Å²) in [6.45, 7) is 3.63. The van der Waals surface area contributed by atoms with Gasteiger partial charge in [-0.15, -0.1) is 0 Å². The fourth-order valence-corrected chi connectivity index (χ4v) is 0.